The number of nitrogens with one attached hydrogen (secondary N) is 2. The Hall–Kier alpha value is -3.45. The number of alkyl carbamates (subject to hydrolysis) is 1. The molecule has 0 bridgehead atoms. The van der Waals surface area contributed by atoms with Gasteiger partial charge in [-0.25, -0.2) is 14.1 Å². The molecule has 2 amide bonds. The second-order valence-corrected chi connectivity index (χ2v) is 11.2. The topological polar surface area (TPSA) is 84.1 Å². The zero-order valence-electron chi connectivity index (χ0n) is 21.5. The molecule has 3 aromatic rings. The Morgan fingerprint density at radius 1 is 1.17 bits per heavy atom. The lowest BCUT2D eigenvalue weighted by atomic mass is 9.78. The van der Waals surface area contributed by atoms with Crippen LogP contribution in [-0.2, 0) is 16.0 Å². The number of aromatic amines is 1. The van der Waals surface area contributed by atoms with Crippen molar-refractivity contribution in [2.45, 2.75) is 64.6 Å². The Morgan fingerprint density at radius 2 is 1.89 bits per heavy atom. The summed E-state index contributed by atoms with van der Waals surface area (Å²) >= 11 is 0. The van der Waals surface area contributed by atoms with Gasteiger partial charge in [0.2, 0.25) is 0 Å². The second-order valence-electron chi connectivity index (χ2n) is 11.2. The van der Waals surface area contributed by atoms with Crippen LogP contribution in [0.5, 0.6) is 0 Å². The van der Waals surface area contributed by atoms with Gasteiger partial charge in [-0.05, 0) is 62.9 Å². The normalized spacial score (nSPS) is 29.9. The van der Waals surface area contributed by atoms with Crippen LogP contribution >= 0.6 is 0 Å². The fraction of sp³-hybridized carbons (Fsp3) is 0.414. The van der Waals surface area contributed by atoms with Crippen LogP contribution in [-0.4, -0.2) is 47.4 Å². The van der Waals surface area contributed by atoms with E-state index >= 15 is 0 Å². The predicted octanol–water partition coefficient (Wildman–Crippen LogP) is 4.77. The van der Waals surface area contributed by atoms with Crippen LogP contribution in [0.25, 0.3) is 11.1 Å². The Balaban J connectivity index is 1.41. The highest BCUT2D eigenvalue weighted by Crippen LogP contribution is 2.70. The van der Waals surface area contributed by atoms with Gasteiger partial charge in [-0.15, -0.1) is 0 Å². The lowest BCUT2D eigenvalue weighted by Gasteiger charge is -2.43. The number of fused-ring (bicyclic) bond motifs is 2. The van der Waals surface area contributed by atoms with Crippen molar-refractivity contribution >= 4 is 17.7 Å². The third-order valence-electron chi connectivity index (χ3n) is 8.72. The van der Waals surface area contributed by atoms with E-state index in [2.05, 4.69) is 58.0 Å². The van der Waals surface area contributed by atoms with E-state index in [9.17, 15) is 9.59 Å². The highest BCUT2D eigenvalue weighted by molar-refractivity contribution is 5.98. The number of likely N-dealkylation sites (tertiary alicyclic amines) is 1. The van der Waals surface area contributed by atoms with E-state index in [0.29, 0.717) is 0 Å². The molecule has 2 aromatic carbocycles. The Morgan fingerprint density at radius 3 is 2.56 bits per heavy atom. The summed E-state index contributed by atoms with van der Waals surface area (Å²) in [5.41, 5.74) is 7.53. The van der Waals surface area contributed by atoms with Crippen LogP contribution < -0.4 is 9.80 Å². The summed E-state index contributed by atoms with van der Waals surface area (Å²) in [5, 5.41) is 10.4. The molecule has 7 nitrogen and oxygen atoms in total. The number of hydrogen-bond donors (Lipinski definition) is 2. The third-order valence-corrected chi connectivity index (χ3v) is 8.72. The molecule has 36 heavy (non-hydrogen) atoms. The van der Waals surface area contributed by atoms with Crippen LogP contribution in [0, 0.1) is 19.3 Å². The van der Waals surface area contributed by atoms with Gasteiger partial charge >= 0.3 is 12.0 Å². The molecule has 1 aliphatic heterocycles. The van der Waals surface area contributed by atoms with E-state index in [-0.39, 0.29) is 33.9 Å². The number of benzene rings is 2. The smallest absolute Gasteiger partial charge is 0.408 e. The fourth-order valence-corrected chi connectivity index (χ4v) is 7.13. The van der Waals surface area contributed by atoms with E-state index in [1.54, 1.807) is 0 Å². The number of carbonyl (C=O) groups is 2. The van der Waals surface area contributed by atoms with Gasteiger partial charge in [-0.2, -0.15) is 5.10 Å². The minimum atomic E-state index is -0.651. The quantitative estimate of drug-likeness (QED) is 0.522. The minimum Gasteiger partial charge on any atom is -0.447 e. The lowest BCUT2D eigenvalue weighted by molar-refractivity contribution is -0.136. The maximum absolute atomic E-state index is 14.4. The lowest BCUT2D eigenvalue weighted by Crippen LogP contribution is -2.67. The van der Waals surface area contributed by atoms with Crippen molar-refractivity contribution in [3.05, 3.63) is 71.0 Å². The largest absolute Gasteiger partial charge is 0.447 e. The number of quaternary nitrogens is 1. The number of likely N-dealkylation sites (N-methyl/N-ethyl adjacent to an activating group) is 1. The molecule has 186 valence electrons. The van der Waals surface area contributed by atoms with E-state index in [4.69, 9.17) is 4.74 Å². The van der Waals surface area contributed by atoms with Crippen molar-refractivity contribution in [1.29, 1.82) is 0 Å². The van der Waals surface area contributed by atoms with Gasteiger partial charge in [0, 0.05) is 41.1 Å². The van der Waals surface area contributed by atoms with Gasteiger partial charge < -0.3 is 10.1 Å². The first-order valence-electron chi connectivity index (χ1n) is 12.7. The average molecular weight is 486 g/mol. The number of piperidine rings is 1. The SMILES string of the molecule is Cc1n[nH]c(C)c1-c1ccc([N+]2(C)C(=O)[C@@H](NC(=O)OC(C)C)C3c4ccccc4CC34CC42)cc1. The van der Waals surface area contributed by atoms with Crippen molar-refractivity contribution in [2.75, 3.05) is 7.05 Å². The highest BCUT2D eigenvalue weighted by Gasteiger charge is 2.78. The molecule has 2 heterocycles. The van der Waals surface area contributed by atoms with E-state index in [0.717, 1.165) is 41.0 Å². The summed E-state index contributed by atoms with van der Waals surface area (Å²) in [4.78, 5) is 27.1. The molecule has 2 fully saturated rings. The van der Waals surface area contributed by atoms with Crippen molar-refractivity contribution in [1.82, 2.24) is 20.0 Å². The number of rotatable bonds is 4. The van der Waals surface area contributed by atoms with Crippen molar-refractivity contribution in [2.24, 2.45) is 5.41 Å². The first kappa shape index (κ1) is 23.0. The highest BCUT2D eigenvalue weighted by atomic mass is 16.6. The van der Waals surface area contributed by atoms with Crippen LogP contribution in [0.2, 0.25) is 0 Å². The van der Waals surface area contributed by atoms with Gasteiger partial charge in [-0.3, -0.25) is 5.10 Å². The first-order valence-corrected chi connectivity index (χ1v) is 12.7. The maximum Gasteiger partial charge on any atom is 0.408 e. The minimum absolute atomic E-state index is 0.0129. The average Bonchev–Trinajstić information content (AvgIpc) is 3.33. The summed E-state index contributed by atoms with van der Waals surface area (Å²) in [6.07, 6.45) is 1.09. The number of amides is 2. The summed E-state index contributed by atoms with van der Waals surface area (Å²) in [6.45, 7) is 7.64. The molecule has 7 heteroatoms. The van der Waals surface area contributed by atoms with Gasteiger partial charge in [0.15, 0.2) is 6.04 Å². The molecule has 4 unspecified atom stereocenters. The summed E-state index contributed by atoms with van der Waals surface area (Å²) in [6, 6.07) is 16.2. The van der Waals surface area contributed by atoms with Crippen molar-refractivity contribution in [3.8, 4) is 11.1 Å². The van der Waals surface area contributed by atoms with Crippen molar-refractivity contribution in [3.63, 3.8) is 0 Å². The molecular formula is C29H33N4O3+. The number of ether oxygens (including phenoxy) is 1. The first-order chi connectivity index (χ1) is 17.2. The molecule has 3 aliphatic rings. The predicted molar refractivity (Wildman–Crippen MR) is 138 cm³/mol. The number of carbonyl (C=O) groups excluding carboxylic acids is 2. The van der Waals surface area contributed by atoms with Crippen LogP contribution in [0.15, 0.2) is 48.5 Å². The molecular weight excluding hydrogens is 452 g/mol. The number of nitrogens with zero attached hydrogens (tertiary/aromatic N) is 2. The summed E-state index contributed by atoms with van der Waals surface area (Å²) in [7, 11) is 2.02. The standard InChI is InChI=1S/C29H32N4O3/c1-16(2)36-28(35)30-26-25-22-9-7-6-8-20(22)14-29(25)15-23(29)33(5,27(26)34)21-12-10-19(11-13-21)24-17(3)31-32-18(24)4/h6-13,16,23,25-26H,14-15H2,1-5H3,(H-,30,31,32,35)/p+1/t23?,25?,26-,29?,33?/m0/s1. The summed E-state index contributed by atoms with van der Waals surface area (Å²) in [5.74, 6) is -0.0217. The zero-order valence-corrected chi connectivity index (χ0v) is 21.5. The zero-order chi connectivity index (χ0) is 25.4. The van der Waals surface area contributed by atoms with E-state index in [1.165, 1.54) is 11.1 Å². The molecule has 1 spiro atoms. The molecule has 1 saturated heterocycles. The van der Waals surface area contributed by atoms with Crippen LogP contribution in [0.1, 0.15) is 48.7 Å². The third kappa shape index (κ3) is 3.11. The number of H-pyrrole nitrogens is 1. The number of aryl methyl sites for hydroxylation is 2. The van der Waals surface area contributed by atoms with Gasteiger partial charge in [0.05, 0.1) is 18.8 Å². The fourth-order valence-electron chi connectivity index (χ4n) is 7.13. The molecule has 5 atom stereocenters. The van der Waals surface area contributed by atoms with Gasteiger partial charge in [-0.1, -0.05) is 24.3 Å². The van der Waals surface area contributed by atoms with E-state index < -0.39 is 12.1 Å². The Kier molecular flexibility index (Phi) is 4.96. The van der Waals surface area contributed by atoms with Crippen LogP contribution in [0.4, 0.5) is 10.5 Å². The van der Waals surface area contributed by atoms with E-state index in [1.807, 2.05) is 40.8 Å². The molecule has 2 aliphatic carbocycles. The number of hydrogen-bond acceptors (Lipinski definition) is 4. The second kappa shape index (κ2) is 7.77. The van der Waals surface area contributed by atoms with Gasteiger partial charge in [0.25, 0.3) is 0 Å². The Labute approximate surface area is 211 Å². The maximum atomic E-state index is 14.4. The number of aromatic nitrogens is 2. The van der Waals surface area contributed by atoms with Gasteiger partial charge in [0.1, 0.15) is 11.7 Å². The summed E-state index contributed by atoms with van der Waals surface area (Å²) < 4.78 is 5.60. The van der Waals surface area contributed by atoms with Crippen molar-refractivity contribution < 1.29 is 14.3 Å². The monoisotopic (exact) mass is 485 g/mol. The molecule has 2 N–H and O–H groups in total. The van der Waals surface area contributed by atoms with Crippen LogP contribution in [0.3, 0.4) is 0 Å². The molecule has 0 radical (unpaired) electrons. The molecule has 6 rings (SSSR count). The molecule has 1 saturated carbocycles. The Bertz CT molecular complexity index is 1360. The molecule has 1 aromatic heterocycles.